The van der Waals surface area contributed by atoms with E-state index in [-0.39, 0.29) is 29.0 Å². The van der Waals surface area contributed by atoms with Gasteiger partial charge < -0.3 is 15.2 Å². The maximum Gasteiger partial charge on any atom is 0.255 e. The molecular formula is C13H18ClNO3. The van der Waals surface area contributed by atoms with E-state index in [1.54, 1.807) is 18.2 Å². The van der Waals surface area contributed by atoms with Gasteiger partial charge in [0.15, 0.2) is 11.5 Å². The molecule has 0 spiro atoms. The van der Waals surface area contributed by atoms with Gasteiger partial charge in [-0.25, -0.2) is 0 Å². The largest absolute Gasteiger partial charge is 0.504 e. The van der Waals surface area contributed by atoms with Crippen LogP contribution in [0.25, 0.3) is 0 Å². The second-order valence-corrected chi connectivity index (χ2v) is 4.29. The second-order valence-electron chi connectivity index (χ2n) is 3.91. The number of aromatic hydroxyl groups is 1. The Hall–Kier alpha value is -1.42. The summed E-state index contributed by atoms with van der Waals surface area (Å²) >= 11 is 5.66. The minimum absolute atomic E-state index is 0.0144. The molecule has 1 rings (SSSR count). The average molecular weight is 272 g/mol. The van der Waals surface area contributed by atoms with Crippen molar-refractivity contribution in [3.05, 3.63) is 23.8 Å². The third-order valence-corrected chi connectivity index (χ3v) is 2.97. The summed E-state index contributed by atoms with van der Waals surface area (Å²) in [5.74, 6) is 0.317. The molecule has 2 N–H and O–H groups in total. The molecule has 0 heterocycles. The van der Waals surface area contributed by atoms with E-state index in [1.807, 2.05) is 6.92 Å². The number of methoxy groups -OCH3 is 1. The summed E-state index contributed by atoms with van der Waals surface area (Å²) in [6.45, 7) is 1.98. The van der Waals surface area contributed by atoms with Crippen molar-refractivity contribution in [3.63, 3.8) is 0 Å². The second kappa shape index (κ2) is 7.11. The monoisotopic (exact) mass is 271 g/mol. The SMILES string of the molecule is CCC(CCCl)NC(=O)c1cccc(OC)c1O. The highest BCUT2D eigenvalue weighted by molar-refractivity contribution is 6.17. The first kappa shape index (κ1) is 14.6. The van der Waals surface area contributed by atoms with Crippen molar-refractivity contribution in [2.24, 2.45) is 0 Å². The van der Waals surface area contributed by atoms with Crippen molar-refractivity contribution in [1.82, 2.24) is 5.32 Å². The summed E-state index contributed by atoms with van der Waals surface area (Å²) in [6.07, 6.45) is 1.50. The van der Waals surface area contributed by atoms with E-state index in [0.717, 1.165) is 6.42 Å². The van der Waals surface area contributed by atoms with Crippen LogP contribution >= 0.6 is 11.6 Å². The number of carbonyl (C=O) groups is 1. The van der Waals surface area contributed by atoms with E-state index in [1.165, 1.54) is 7.11 Å². The van der Waals surface area contributed by atoms with Crippen LogP contribution in [0.2, 0.25) is 0 Å². The Morgan fingerprint density at radius 3 is 2.83 bits per heavy atom. The first-order valence-electron chi connectivity index (χ1n) is 5.86. The van der Waals surface area contributed by atoms with Gasteiger partial charge in [-0.15, -0.1) is 11.6 Å². The van der Waals surface area contributed by atoms with E-state index in [2.05, 4.69) is 5.32 Å². The minimum Gasteiger partial charge on any atom is -0.504 e. The molecule has 1 unspecified atom stereocenters. The van der Waals surface area contributed by atoms with Crippen LogP contribution in [0.3, 0.4) is 0 Å². The Balaban J connectivity index is 2.84. The highest BCUT2D eigenvalue weighted by atomic mass is 35.5. The Labute approximate surface area is 112 Å². The third-order valence-electron chi connectivity index (χ3n) is 2.75. The first-order chi connectivity index (χ1) is 8.63. The number of hydrogen-bond donors (Lipinski definition) is 2. The lowest BCUT2D eigenvalue weighted by atomic mass is 10.1. The summed E-state index contributed by atoms with van der Waals surface area (Å²) in [5, 5.41) is 12.7. The predicted octanol–water partition coefficient (Wildman–Crippen LogP) is 2.54. The smallest absolute Gasteiger partial charge is 0.255 e. The summed E-state index contributed by atoms with van der Waals surface area (Å²) in [7, 11) is 1.44. The number of phenolic OH excluding ortho intramolecular Hbond substituents is 1. The molecule has 1 aromatic rings. The summed E-state index contributed by atoms with van der Waals surface area (Å²) in [5.41, 5.74) is 0.211. The molecule has 0 saturated heterocycles. The van der Waals surface area contributed by atoms with Gasteiger partial charge in [0, 0.05) is 11.9 Å². The van der Waals surface area contributed by atoms with Crippen LogP contribution in [-0.2, 0) is 0 Å². The highest BCUT2D eigenvalue weighted by Crippen LogP contribution is 2.29. The molecule has 0 aliphatic carbocycles. The molecule has 0 aliphatic heterocycles. The molecule has 1 amide bonds. The molecule has 18 heavy (non-hydrogen) atoms. The van der Waals surface area contributed by atoms with Crippen molar-refractivity contribution in [3.8, 4) is 11.5 Å². The topological polar surface area (TPSA) is 58.6 Å². The number of carbonyl (C=O) groups excluding carboxylic acids is 1. The quantitative estimate of drug-likeness (QED) is 0.782. The van der Waals surface area contributed by atoms with Crippen LogP contribution in [0.4, 0.5) is 0 Å². The molecule has 0 aliphatic rings. The number of rotatable bonds is 6. The number of nitrogens with one attached hydrogen (secondary N) is 1. The fraction of sp³-hybridized carbons (Fsp3) is 0.462. The number of benzene rings is 1. The molecule has 0 fully saturated rings. The van der Waals surface area contributed by atoms with Crippen LogP contribution in [0.1, 0.15) is 30.1 Å². The Morgan fingerprint density at radius 1 is 1.56 bits per heavy atom. The van der Waals surface area contributed by atoms with Gasteiger partial charge in [-0.05, 0) is 25.0 Å². The predicted molar refractivity (Wildman–Crippen MR) is 71.5 cm³/mol. The Bertz CT molecular complexity index is 409. The van der Waals surface area contributed by atoms with Gasteiger partial charge in [-0.2, -0.15) is 0 Å². The zero-order chi connectivity index (χ0) is 13.5. The van der Waals surface area contributed by atoms with Crippen molar-refractivity contribution >= 4 is 17.5 Å². The van der Waals surface area contributed by atoms with Crippen molar-refractivity contribution in [2.75, 3.05) is 13.0 Å². The molecule has 5 heteroatoms. The Kier molecular flexibility index (Phi) is 5.78. The van der Waals surface area contributed by atoms with E-state index >= 15 is 0 Å². The lowest BCUT2D eigenvalue weighted by Crippen LogP contribution is -2.34. The fourth-order valence-electron chi connectivity index (χ4n) is 1.64. The van der Waals surface area contributed by atoms with Crippen molar-refractivity contribution < 1.29 is 14.6 Å². The van der Waals surface area contributed by atoms with Gasteiger partial charge in [0.05, 0.1) is 12.7 Å². The van der Waals surface area contributed by atoms with Gasteiger partial charge in [0.1, 0.15) is 0 Å². The zero-order valence-electron chi connectivity index (χ0n) is 10.6. The van der Waals surface area contributed by atoms with Gasteiger partial charge in [0.2, 0.25) is 0 Å². The number of phenols is 1. The van der Waals surface area contributed by atoms with Gasteiger partial charge in [-0.3, -0.25) is 4.79 Å². The van der Waals surface area contributed by atoms with E-state index in [0.29, 0.717) is 12.3 Å². The maximum atomic E-state index is 12.0. The van der Waals surface area contributed by atoms with E-state index < -0.39 is 0 Å². The van der Waals surface area contributed by atoms with Crippen LogP contribution in [0, 0.1) is 0 Å². The van der Waals surface area contributed by atoms with Gasteiger partial charge in [-0.1, -0.05) is 13.0 Å². The van der Waals surface area contributed by atoms with Crippen molar-refractivity contribution in [1.29, 1.82) is 0 Å². The zero-order valence-corrected chi connectivity index (χ0v) is 11.3. The van der Waals surface area contributed by atoms with Crippen LogP contribution in [0.5, 0.6) is 11.5 Å². The molecule has 0 saturated carbocycles. The average Bonchev–Trinajstić information content (AvgIpc) is 2.38. The normalized spacial score (nSPS) is 11.9. The summed E-state index contributed by atoms with van der Waals surface area (Å²) in [4.78, 5) is 12.0. The highest BCUT2D eigenvalue weighted by Gasteiger charge is 2.17. The molecule has 0 bridgehead atoms. The molecular weight excluding hydrogens is 254 g/mol. The van der Waals surface area contributed by atoms with E-state index in [9.17, 15) is 9.90 Å². The molecule has 100 valence electrons. The Morgan fingerprint density at radius 2 is 2.28 bits per heavy atom. The van der Waals surface area contributed by atoms with Crippen LogP contribution < -0.4 is 10.1 Å². The first-order valence-corrected chi connectivity index (χ1v) is 6.40. The number of para-hydroxylation sites is 1. The van der Waals surface area contributed by atoms with Crippen LogP contribution in [-0.4, -0.2) is 30.0 Å². The lowest BCUT2D eigenvalue weighted by molar-refractivity contribution is 0.0932. The van der Waals surface area contributed by atoms with Gasteiger partial charge >= 0.3 is 0 Å². The summed E-state index contributed by atoms with van der Waals surface area (Å²) in [6, 6.07) is 4.83. The molecule has 4 nitrogen and oxygen atoms in total. The summed E-state index contributed by atoms with van der Waals surface area (Å²) < 4.78 is 4.96. The van der Waals surface area contributed by atoms with E-state index in [4.69, 9.17) is 16.3 Å². The molecule has 1 aromatic carbocycles. The minimum atomic E-state index is -0.316. The molecule has 1 atom stereocenters. The van der Waals surface area contributed by atoms with Crippen molar-refractivity contribution in [2.45, 2.75) is 25.8 Å². The third kappa shape index (κ3) is 3.53. The number of ether oxygens (including phenoxy) is 1. The number of halogens is 1. The number of alkyl halides is 1. The van der Waals surface area contributed by atoms with Gasteiger partial charge in [0.25, 0.3) is 5.91 Å². The molecule has 0 radical (unpaired) electrons. The lowest BCUT2D eigenvalue weighted by Gasteiger charge is -2.16. The standard InChI is InChI=1S/C13H18ClNO3/c1-3-9(7-8-14)15-13(17)10-5-4-6-11(18-2)12(10)16/h4-6,9,16H,3,7-8H2,1-2H3,(H,15,17). The maximum absolute atomic E-state index is 12.0. The number of amides is 1. The fourth-order valence-corrected chi connectivity index (χ4v) is 1.91. The number of hydrogen-bond acceptors (Lipinski definition) is 3. The van der Waals surface area contributed by atoms with Crippen LogP contribution in [0.15, 0.2) is 18.2 Å². The molecule has 0 aromatic heterocycles.